The summed E-state index contributed by atoms with van der Waals surface area (Å²) in [6.45, 7) is 2.62. The molecule has 0 amide bonds. The summed E-state index contributed by atoms with van der Waals surface area (Å²) in [5, 5.41) is 7.88. The number of halogens is 1. The molecule has 2 aliphatic rings. The third-order valence-electron chi connectivity index (χ3n) is 4.16. The average Bonchev–Trinajstić information content (AvgIpc) is 3.31. The molecule has 0 spiro atoms. The van der Waals surface area contributed by atoms with Crippen LogP contribution in [0.2, 0.25) is 0 Å². The van der Waals surface area contributed by atoms with E-state index in [1.54, 1.807) is 0 Å². The lowest BCUT2D eigenvalue weighted by Crippen LogP contribution is -2.33. The molecule has 5 heteroatoms. The molecule has 0 bridgehead atoms. The predicted molar refractivity (Wildman–Crippen MR) is 84.8 cm³/mol. The van der Waals surface area contributed by atoms with Gasteiger partial charge in [0.1, 0.15) is 0 Å². The summed E-state index contributed by atoms with van der Waals surface area (Å²) in [5.41, 5.74) is 3.65. The lowest BCUT2D eigenvalue weighted by molar-refractivity contribution is 0.0277. The molecule has 2 heterocycles. The first-order chi connectivity index (χ1) is 10.3. The van der Waals surface area contributed by atoms with Crippen molar-refractivity contribution in [2.24, 2.45) is 0 Å². The van der Waals surface area contributed by atoms with Crippen molar-refractivity contribution in [2.45, 2.75) is 24.9 Å². The van der Waals surface area contributed by atoms with Crippen molar-refractivity contribution in [3.05, 3.63) is 46.2 Å². The van der Waals surface area contributed by atoms with Gasteiger partial charge in [0.25, 0.3) is 0 Å². The van der Waals surface area contributed by atoms with E-state index in [4.69, 9.17) is 4.74 Å². The molecule has 2 aromatic rings. The Hall–Kier alpha value is -1.17. The van der Waals surface area contributed by atoms with Crippen molar-refractivity contribution in [3.8, 4) is 5.69 Å². The quantitative estimate of drug-likeness (QED) is 0.926. The first-order valence-electron chi connectivity index (χ1n) is 7.49. The Kier molecular flexibility index (Phi) is 3.57. The topological polar surface area (TPSA) is 39.1 Å². The number of aromatic nitrogens is 2. The molecule has 1 aromatic carbocycles. The number of nitrogens with zero attached hydrogens (tertiary/aromatic N) is 2. The van der Waals surface area contributed by atoms with Crippen LogP contribution in [0.25, 0.3) is 5.69 Å². The number of rotatable bonds is 3. The number of nitrogens with one attached hydrogen (secondary N) is 1. The van der Waals surface area contributed by atoms with Crippen molar-refractivity contribution in [3.63, 3.8) is 0 Å². The summed E-state index contributed by atoms with van der Waals surface area (Å²) in [7, 11) is 0. The average molecular weight is 348 g/mol. The van der Waals surface area contributed by atoms with Crippen LogP contribution < -0.4 is 5.32 Å². The normalized spacial score (nSPS) is 22.4. The Labute approximate surface area is 132 Å². The van der Waals surface area contributed by atoms with Gasteiger partial charge in [0.2, 0.25) is 0 Å². The second kappa shape index (κ2) is 5.55. The standard InChI is InChI=1S/C16H18BrN3O/c17-14-9-19-20(16(14)12-1-2-12)13-5-3-11(4-6-13)15-10-18-7-8-21-15/h3-6,9,12,15,18H,1-2,7-8,10H2. The maximum atomic E-state index is 5.79. The molecule has 21 heavy (non-hydrogen) atoms. The van der Waals surface area contributed by atoms with Gasteiger partial charge < -0.3 is 10.1 Å². The molecule has 1 aliphatic heterocycles. The number of hydrogen-bond donors (Lipinski definition) is 1. The third kappa shape index (κ3) is 2.65. The van der Waals surface area contributed by atoms with Crippen molar-refractivity contribution in [1.82, 2.24) is 15.1 Å². The molecule has 110 valence electrons. The predicted octanol–water partition coefficient (Wildman–Crippen LogP) is 3.17. The third-order valence-corrected chi connectivity index (χ3v) is 4.77. The molecular formula is C16H18BrN3O. The monoisotopic (exact) mass is 347 g/mol. The van der Waals surface area contributed by atoms with Gasteiger partial charge in [0.15, 0.2) is 0 Å². The van der Waals surface area contributed by atoms with Crippen LogP contribution in [-0.4, -0.2) is 29.5 Å². The van der Waals surface area contributed by atoms with Crippen molar-refractivity contribution in [1.29, 1.82) is 0 Å². The Morgan fingerprint density at radius 3 is 2.71 bits per heavy atom. The first kappa shape index (κ1) is 13.5. The summed E-state index contributed by atoms with van der Waals surface area (Å²) < 4.78 is 8.97. The fourth-order valence-corrected chi connectivity index (χ4v) is 3.46. The zero-order chi connectivity index (χ0) is 14.2. The highest BCUT2D eigenvalue weighted by Gasteiger charge is 2.30. The molecule has 1 aliphatic carbocycles. The summed E-state index contributed by atoms with van der Waals surface area (Å²) in [6.07, 6.45) is 4.60. The molecule has 1 saturated carbocycles. The van der Waals surface area contributed by atoms with E-state index in [1.807, 2.05) is 6.20 Å². The summed E-state index contributed by atoms with van der Waals surface area (Å²) in [4.78, 5) is 0. The molecule has 1 aromatic heterocycles. The van der Waals surface area contributed by atoms with Gasteiger partial charge in [-0.05, 0) is 46.5 Å². The van der Waals surface area contributed by atoms with Gasteiger partial charge in [-0.2, -0.15) is 5.10 Å². The van der Waals surface area contributed by atoms with Crippen LogP contribution in [0.5, 0.6) is 0 Å². The SMILES string of the molecule is Brc1cnn(-c2ccc(C3CNCCO3)cc2)c1C1CC1. The highest BCUT2D eigenvalue weighted by atomic mass is 79.9. The van der Waals surface area contributed by atoms with Gasteiger partial charge in [-0.1, -0.05) is 12.1 Å². The van der Waals surface area contributed by atoms with E-state index in [0.29, 0.717) is 5.92 Å². The van der Waals surface area contributed by atoms with E-state index in [2.05, 4.69) is 55.3 Å². The minimum atomic E-state index is 0.167. The largest absolute Gasteiger partial charge is 0.371 e. The van der Waals surface area contributed by atoms with E-state index >= 15 is 0 Å². The molecule has 1 saturated heterocycles. The number of morpholine rings is 1. The van der Waals surface area contributed by atoms with E-state index in [9.17, 15) is 0 Å². The van der Waals surface area contributed by atoms with Crippen LogP contribution in [0.3, 0.4) is 0 Å². The van der Waals surface area contributed by atoms with Crippen LogP contribution in [0.1, 0.15) is 36.1 Å². The smallest absolute Gasteiger partial charge is 0.0949 e. The number of benzene rings is 1. The molecular weight excluding hydrogens is 330 g/mol. The Morgan fingerprint density at radius 1 is 1.24 bits per heavy atom. The number of ether oxygens (including phenoxy) is 1. The highest BCUT2D eigenvalue weighted by molar-refractivity contribution is 9.10. The second-order valence-corrected chi connectivity index (χ2v) is 6.57. The van der Waals surface area contributed by atoms with Crippen molar-refractivity contribution < 1.29 is 4.74 Å². The lowest BCUT2D eigenvalue weighted by atomic mass is 10.1. The highest BCUT2D eigenvalue weighted by Crippen LogP contribution is 2.44. The second-order valence-electron chi connectivity index (χ2n) is 5.72. The zero-order valence-electron chi connectivity index (χ0n) is 11.8. The van der Waals surface area contributed by atoms with Gasteiger partial charge in [-0.15, -0.1) is 0 Å². The van der Waals surface area contributed by atoms with Crippen molar-refractivity contribution >= 4 is 15.9 Å². The first-order valence-corrected chi connectivity index (χ1v) is 8.28. The van der Waals surface area contributed by atoms with Crippen LogP contribution in [0.15, 0.2) is 34.9 Å². The summed E-state index contributed by atoms with van der Waals surface area (Å²) in [5.74, 6) is 0.660. The Bertz CT molecular complexity index is 627. The maximum Gasteiger partial charge on any atom is 0.0949 e. The lowest BCUT2D eigenvalue weighted by Gasteiger charge is -2.24. The van der Waals surface area contributed by atoms with E-state index < -0.39 is 0 Å². The van der Waals surface area contributed by atoms with Gasteiger partial charge in [0.05, 0.1) is 34.8 Å². The van der Waals surface area contributed by atoms with E-state index in [1.165, 1.54) is 24.1 Å². The van der Waals surface area contributed by atoms with E-state index in [-0.39, 0.29) is 6.10 Å². The zero-order valence-corrected chi connectivity index (χ0v) is 13.3. The number of hydrogen-bond acceptors (Lipinski definition) is 3. The molecule has 0 radical (unpaired) electrons. The molecule has 2 fully saturated rings. The van der Waals surface area contributed by atoms with Crippen LogP contribution in [-0.2, 0) is 4.74 Å². The van der Waals surface area contributed by atoms with E-state index in [0.717, 1.165) is 29.9 Å². The van der Waals surface area contributed by atoms with Gasteiger partial charge >= 0.3 is 0 Å². The summed E-state index contributed by atoms with van der Waals surface area (Å²) >= 11 is 3.62. The minimum Gasteiger partial charge on any atom is -0.371 e. The molecule has 1 unspecified atom stereocenters. The van der Waals surface area contributed by atoms with Gasteiger partial charge in [-0.3, -0.25) is 0 Å². The minimum absolute atomic E-state index is 0.167. The van der Waals surface area contributed by atoms with Gasteiger partial charge in [0, 0.05) is 19.0 Å². The van der Waals surface area contributed by atoms with Crippen LogP contribution in [0.4, 0.5) is 0 Å². The molecule has 4 rings (SSSR count). The molecule has 1 N–H and O–H groups in total. The Morgan fingerprint density at radius 2 is 2.05 bits per heavy atom. The fourth-order valence-electron chi connectivity index (χ4n) is 2.88. The summed E-state index contributed by atoms with van der Waals surface area (Å²) in [6, 6.07) is 8.58. The van der Waals surface area contributed by atoms with Crippen molar-refractivity contribution in [2.75, 3.05) is 19.7 Å². The fraction of sp³-hybridized carbons (Fsp3) is 0.438. The Balaban J connectivity index is 1.61. The van der Waals surface area contributed by atoms with Gasteiger partial charge in [-0.25, -0.2) is 4.68 Å². The molecule has 1 atom stereocenters. The van der Waals surface area contributed by atoms with Crippen LogP contribution in [0, 0.1) is 0 Å². The van der Waals surface area contributed by atoms with Crippen LogP contribution >= 0.6 is 15.9 Å². The molecule has 4 nitrogen and oxygen atoms in total. The maximum absolute atomic E-state index is 5.79.